The van der Waals surface area contributed by atoms with Crippen molar-refractivity contribution in [2.24, 2.45) is 5.73 Å². The molecule has 3 aromatic heterocycles. The van der Waals surface area contributed by atoms with E-state index in [-0.39, 0.29) is 5.41 Å². The predicted octanol–water partition coefficient (Wildman–Crippen LogP) is 4.80. The molecule has 6 nitrogen and oxygen atoms in total. The van der Waals surface area contributed by atoms with E-state index in [9.17, 15) is 0 Å². The minimum atomic E-state index is -1.11. The van der Waals surface area contributed by atoms with E-state index < -0.39 is 8.07 Å². The lowest BCUT2D eigenvalue weighted by Crippen LogP contribution is -2.36. The van der Waals surface area contributed by atoms with Gasteiger partial charge in [0.25, 0.3) is 0 Å². The van der Waals surface area contributed by atoms with Crippen molar-refractivity contribution in [1.29, 1.82) is 0 Å². The summed E-state index contributed by atoms with van der Waals surface area (Å²) in [5.41, 5.74) is 13.0. The molecule has 0 aliphatic heterocycles. The topological polar surface area (TPSA) is 78.9 Å². The Hall–Kier alpha value is -2.87. The van der Waals surface area contributed by atoms with Crippen molar-refractivity contribution in [3.63, 3.8) is 0 Å². The molecule has 4 aromatic rings. The van der Waals surface area contributed by atoms with Gasteiger partial charge in [-0.1, -0.05) is 43.9 Å². The van der Waals surface area contributed by atoms with Crippen LogP contribution in [0.3, 0.4) is 0 Å². The number of benzene rings is 1. The largest absolute Gasteiger partial charge is 0.361 e. The van der Waals surface area contributed by atoms with Gasteiger partial charge in [0.15, 0.2) is 0 Å². The Balaban J connectivity index is 1.43. The van der Waals surface area contributed by atoms with E-state index in [0.717, 1.165) is 47.8 Å². The molecule has 34 heavy (non-hydrogen) atoms. The summed E-state index contributed by atoms with van der Waals surface area (Å²) in [6.45, 7) is 8.95. The summed E-state index contributed by atoms with van der Waals surface area (Å²) in [4.78, 5) is 13.8. The Morgan fingerprint density at radius 1 is 1.06 bits per heavy atom. The smallest absolute Gasteiger partial charge is 0.145 e. The van der Waals surface area contributed by atoms with E-state index in [0.29, 0.717) is 13.3 Å². The summed E-state index contributed by atoms with van der Waals surface area (Å²) in [5.74, 6) is 0. The Bertz CT molecular complexity index is 1280. The monoisotopic (exact) mass is 471 g/mol. The van der Waals surface area contributed by atoms with Crippen LogP contribution in [0.15, 0.2) is 61.3 Å². The lowest BCUT2D eigenvalue weighted by Gasteiger charge is -2.28. The maximum absolute atomic E-state index is 6.38. The third-order valence-electron chi connectivity index (χ3n) is 6.97. The summed E-state index contributed by atoms with van der Waals surface area (Å²) in [7, 11) is -1.11. The maximum Gasteiger partial charge on any atom is 0.145 e. The third kappa shape index (κ3) is 4.43. The fourth-order valence-electron chi connectivity index (χ4n) is 4.90. The van der Waals surface area contributed by atoms with Gasteiger partial charge in [-0.3, -0.25) is 4.98 Å². The van der Waals surface area contributed by atoms with Crippen molar-refractivity contribution in [1.82, 2.24) is 19.5 Å². The molecule has 2 N–H and O–H groups in total. The standard InChI is InChI=1S/C27H33N5OSi/c1-34(2,3)11-10-33-19-32-9-8-24-25(30-18-31-26(24)32)22-12-23(16-29-15-22)27(17-28)13-20-6-4-5-7-21(20)14-27/h4-9,12,15-16,18H,10-11,13-14,17,19,28H2,1-3H3. The fourth-order valence-corrected chi connectivity index (χ4v) is 5.66. The molecule has 176 valence electrons. The number of ether oxygens (including phenoxy) is 1. The van der Waals surface area contributed by atoms with Crippen LogP contribution in [0, 0.1) is 0 Å². The molecule has 0 bridgehead atoms. The van der Waals surface area contributed by atoms with Gasteiger partial charge in [-0.05, 0) is 47.7 Å². The number of hydrogen-bond acceptors (Lipinski definition) is 5. The molecule has 3 heterocycles. The fraction of sp³-hybridized carbons (Fsp3) is 0.370. The van der Waals surface area contributed by atoms with Gasteiger partial charge in [-0.25, -0.2) is 9.97 Å². The first-order valence-corrected chi connectivity index (χ1v) is 15.7. The molecule has 1 aliphatic carbocycles. The van der Waals surface area contributed by atoms with Crippen LogP contribution in [-0.2, 0) is 29.7 Å². The first-order chi connectivity index (χ1) is 16.4. The number of aromatic nitrogens is 4. The summed E-state index contributed by atoms with van der Waals surface area (Å²) >= 11 is 0. The van der Waals surface area contributed by atoms with Gasteiger partial charge >= 0.3 is 0 Å². The normalized spacial score (nSPS) is 15.1. The average Bonchev–Trinajstić information content (AvgIpc) is 3.43. The van der Waals surface area contributed by atoms with Crippen molar-refractivity contribution in [2.75, 3.05) is 13.2 Å². The van der Waals surface area contributed by atoms with Crippen LogP contribution >= 0.6 is 0 Å². The highest BCUT2D eigenvalue weighted by molar-refractivity contribution is 6.76. The Morgan fingerprint density at radius 2 is 1.82 bits per heavy atom. The molecule has 0 fully saturated rings. The van der Waals surface area contributed by atoms with Gasteiger partial charge in [-0.15, -0.1) is 0 Å². The van der Waals surface area contributed by atoms with Gasteiger partial charge < -0.3 is 15.0 Å². The molecule has 0 unspecified atom stereocenters. The van der Waals surface area contributed by atoms with Gasteiger partial charge in [0.2, 0.25) is 0 Å². The molecule has 0 atom stereocenters. The second-order valence-electron chi connectivity index (χ2n) is 10.7. The second kappa shape index (κ2) is 9.06. The van der Waals surface area contributed by atoms with E-state index in [1.54, 1.807) is 6.33 Å². The zero-order valence-electron chi connectivity index (χ0n) is 20.3. The number of rotatable bonds is 8. The maximum atomic E-state index is 6.38. The first-order valence-electron chi connectivity index (χ1n) is 12.0. The van der Waals surface area contributed by atoms with Crippen LogP contribution < -0.4 is 5.73 Å². The van der Waals surface area contributed by atoms with Gasteiger partial charge in [0, 0.05) is 56.2 Å². The van der Waals surface area contributed by atoms with Gasteiger partial charge in [-0.2, -0.15) is 0 Å². The average molecular weight is 472 g/mol. The number of nitrogens with zero attached hydrogens (tertiary/aromatic N) is 4. The Morgan fingerprint density at radius 3 is 2.53 bits per heavy atom. The lowest BCUT2D eigenvalue weighted by atomic mass is 9.78. The molecule has 0 saturated carbocycles. The van der Waals surface area contributed by atoms with Crippen LogP contribution in [0.1, 0.15) is 16.7 Å². The van der Waals surface area contributed by atoms with E-state index in [1.165, 1.54) is 16.7 Å². The highest BCUT2D eigenvalue weighted by Gasteiger charge is 2.38. The predicted molar refractivity (Wildman–Crippen MR) is 139 cm³/mol. The highest BCUT2D eigenvalue weighted by atomic mass is 28.3. The van der Waals surface area contributed by atoms with Crippen LogP contribution in [0.25, 0.3) is 22.3 Å². The van der Waals surface area contributed by atoms with Crippen LogP contribution in [0.2, 0.25) is 25.7 Å². The zero-order chi connectivity index (χ0) is 23.8. The molecule has 0 amide bonds. The summed E-state index contributed by atoms with van der Waals surface area (Å²) in [6.07, 6.45) is 9.40. The van der Waals surface area contributed by atoms with E-state index >= 15 is 0 Å². The summed E-state index contributed by atoms with van der Waals surface area (Å²) < 4.78 is 8.02. The number of nitrogens with two attached hydrogens (primary N) is 1. The quantitative estimate of drug-likeness (QED) is 0.295. The molecule has 0 saturated heterocycles. The molecule has 0 radical (unpaired) electrons. The van der Waals surface area contributed by atoms with Crippen molar-refractivity contribution in [3.05, 3.63) is 78.0 Å². The molecule has 5 rings (SSSR count). The first kappa shape index (κ1) is 22.9. The van der Waals surface area contributed by atoms with Crippen molar-refractivity contribution < 1.29 is 4.74 Å². The Kier molecular flexibility index (Phi) is 6.10. The number of fused-ring (bicyclic) bond motifs is 2. The molecule has 0 spiro atoms. The van der Waals surface area contributed by atoms with Crippen molar-refractivity contribution >= 4 is 19.1 Å². The molecule has 1 aromatic carbocycles. The molecule has 7 heteroatoms. The highest BCUT2D eigenvalue weighted by Crippen LogP contribution is 2.40. The van der Waals surface area contributed by atoms with Crippen LogP contribution in [0.5, 0.6) is 0 Å². The number of hydrogen-bond donors (Lipinski definition) is 1. The van der Waals surface area contributed by atoms with Crippen molar-refractivity contribution in [3.8, 4) is 11.3 Å². The minimum absolute atomic E-state index is 0.130. The molecular formula is C27H33N5OSi. The minimum Gasteiger partial charge on any atom is -0.361 e. The Labute approximate surface area is 202 Å². The lowest BCUT2D eigenvalue weighted by molar-refractivity contribution is 0.0899. The summed E-state index contributed by atoms with van der Waals surface area (Å²) in [6, 6.07) is 14.1. The van der Waals surface area contributed by atoms with E-state index in [1.807, 2.05) is 18.6 Å². The van der Waals surface area contributed by atoms with E-state index in [2.05, 4.69) is 75.6 Å². The van der Waals surface area contributed by atoms with Crippen LogP contribution in [-0.4, -0.2) is 40.7 Å². The van der Waals surface area contributed by atoms with E-state index in [4.69, 9.17) is 10.5 Å². The third-order valence-corrected chi connectivity index (χ3v) is 8.68. The van der Waals surface area contributed by atoms with Crippen LogP contribution in [0.4, 0.5) is 0 Å². The van der Waals surface area contributed by atoms with Gasteiger partial charge in [0.05, 0.1) is 5.69 Å². The van der Waals surface area contributed by atoms with Crippen molar-refractivity contribution in [2.45, 2.75) is 50.7 Å². The molecule has 1 aliphatic rings. The second-order valence-corrected chi connectivity index (χ2v) is 16.3. The summed E-state index contributed by atoms with van der Waals surface area (Å²) in [5, 5.41) is 1.01. The van der Waals surface area contributed by atoms with Gasteiger partial charge in [0.1, 0.15) is 18.7 Å². The SMILES string of the molecule is C[Si](C)(C)CCOCn1ccc2c(-c3cncc(C4(CN)Cc5ccccc5C4)c3)ncnc21. The number of pyridine rings is 1. The molecular weight excluding hydrogens is 438 g/mol. The zero-order valence-corrected chi connectivity index (χ0v) is 21.3.